The first-order chi connectivity index (χ1) is 13.0. The van der Waals surface area contributed by atoms with Gasteiger partial charge in [-0.15, -0.1) is 10.2 Å². The molecule has 27 heavy (non-hydrogen) atoms. The van der Waals surface area contributed by atoms with Crippen LogP contribution in [0, 0.1) is 12.7 Å². The van der Waals surface area contributed by atoms with Crippen molar-refractivity contribution in [2.45, 2.75) is 19.8 Å². The molecule has 0 bridgehead atoms. The summed E-state index contributed by atoms with van der Waals surface area (Å²) in [4.78, 5) is 31.1. The van der Waals surface area contributed by atoms with E-state index in [4.69, 9.17) is 0 Å². The summed E-state index contributed by atoms with van der Waals surface area (Å²) in [6.45, 7) is 2.95. The summed E-state index contributed by atoms with van der Waals surface area (Å²) in [6.07, 6.45) is 1.90. The minimum atomic E-state index is -0.490. The number of carbonyl (C=O) groups is 2. The number of aryl methyl sites for hydroxylation is 1. The number of aromatic nitrogens is 4. The Kier molecular flexibility index (Phi) is 4.27. The highest BCUT2D eigenvalue weighted by Gasteiger charge is 2.26. The van der Waals surface area contributed by atoms with Crippen molar-refractivity contribution in [3.63, 3.8) is 0 Å². The number of anilines is 1. The van der Waals surface area contributed by atoms with Gasteiger partial charge >= 0.3 is 0 Å². The van der Waals surface area contributed by atoms with E-state index in [1.165, 1.54) is 6.07 Å². The number of rotatable bonds is 3. The molecule has 0 unspecified atom stereocenters. The van der Waals surface area contributed by atoms with E-state index in [2.05, 4.69) is 25.7 Å². The summed E-state index contributed by atoms with van der Waals surface area (Å²) in [6, 6.07) is 6.12. The molecule has 0 saturated carbocycles. The second-order valence-corrected chi connectivity index (χ2v) is 6.41. The molecule has 1 aliphatic rings. The third kappa shape index (κ3) is 3.12. The number of fused-ring (bicyclic) bond motifs is 1. The van der Waals surface area contributed by atoms with Crippen molar-refractivity contribution in [1.82, 2.24) is 25.3 Å². The predicted octanol–water partition coefficient (Wildman–Crippen LogP) is 2.29. The maximum atomic E-state index is 13.9. The summed E-state index contributed by atoms with van der Waals surface area (Å²) in [5, 5.41) is 13.3. The van der Waals surface area contributed by atoms with E-state index in [1.807, 2.05) is 0 Å². The number of nitrogens with zero attached hydrogens (tertiary/aromatic N) is 4. The monoisotopic (exact) mass is 368 g/mol. The first kappa shape index (κ1) is 17.1. The van der Waals surface area contributed by atoms with Crippen LogP contribution in [0.4, 0.5) is 10.2 Å². The molecule has 0 spiro atoms. The van der Waals surface area contributed by atoms with Crippen LogP contribution in [-0.4, -0.2) is 50.2 Å². The van der Waals surface area contributed by atoms with E-state index in [-0.39, 0.29) is 28.5 Å². The predicted molar refractivity (Wildman–Crippen MR) is 95.9 cm³/mol. The highest BCUT2D eigenvalue weighted by atomic mass is 19.1. The van der Waals surface area contributed by atoms with Crippen molar-refractivity contribution in [2.24, 2.45) is 0 Å². The molecule has 138 valence electrons. The lowest BCUT2D eigenvalue weighted by molar-refractivity contribution is 0.0788. The van der Waals surface area contributed by atoms with Crippen LogP contribution in [0.25, 0.3) is 10.9 Å². The first-order valence-corrected chi connectivity index (χ1v) is 8.62. The summed E-state index contributed by atoms with van der Waals surface area (Å²) in [5.41, 5.74) is 0.928. The van der Waals surface area contributed by atoms with E-state index in [9.17, 15) is 14.0 Å². The van der Waals surface area contributed by atoms with E-state index >= 15 is 0 Å². The minimum Gasteiger partial charge on any atom is -0.337 e. The standard InChI is InChI=1S/C18H17FN6O2/c1-10-12(9-11-5-4-6-13(19)14(11)20-10)17(26)21-16-15(22-24-23-16)18(27)25-7-2-3-8-25/h4-6,9H,2-3,7-8H2,1H3,(H2,21,22,23,24,26). The summed E-state index contributed by atoms with van der Waals surface area (Å²) < 4.78 is 13.9. The fraction of sp³-hybridized carbons (Fsp3) is 0.278. The third-order valence-corrected chi connectivity index (χ3v) is 4.61. The van der Waals surface area contributed by atoms with Gasteiger partial charge in [0.25, 0.3) is 11.8 Å². The van der Waals surface area contributed by atoms with E-state index in [0.29, 0.717) is 24.2 Å². The average molecular weight is 368 g/mol. The Morgan fingerprint density at radius 2 is 2.00 bits per heavy atom. The second-order valence-electron chi connectivity index (χ2n) is 6.41. The van der Waals surface area contributed by atoms with Crippen LogP contribution in [0.5, 0.6) is 0 Å². The van der Waals surface area contributed by atoms with Crippen molar-refractivity contribution in [3.8, 4) is 0 Å². The summed E-state index contributed by atoms with van der Waals surface area (Å²) in [5.74, 6) is -1.14. The Labute approximate surface area is 153 Å². The number of halogens is 1. The smallest absolute Gasteiger partial charge is 0.278 e. The van der Waals surface area contributed by atoms with Crippen molar-refractivity contribution in [2.75, 3.05) is 18.4 Å². The Balaban J connectivity index is 1.62. The molecule has 0 radical (unpaired) electrons. The lowest BCUT2D eigenvalue weighted by atomic mass is 10.1. The molecule has 2 N–H and O–H groups in total. The fourth-order valence-corrected chi connectivity index (χ4v) is 3.20. The zero-order valence-corrected chi connectivity index (χ0v) is 14.6. The maximum Gasteiger partial charge on any atom is 0.278 e. The van der Waals surface area contributed by atoms with Gasteiger partial charge in [-0.2, -0.15) is 5.21 Å². The molecule has 2 amide bonds. The number of aromatic amines is 1. The van der Waals surface area contributed by atoms with Gasteiger partial charge in [-0.1, -0.05) is 12.1 Å². The molecule has 3 heterocycles. The van der Waals surface area contributed by atoms with E-state index in [0.717, 1.165) is 12.8 Å². The topological polar surface area (TPSA) is 104 Å². The molecule has 3 aromatic rings. The lowest BCUT2D eigenvalue weighted by Crippen LogP contribution is -2.29. The van der Waals surface area contributed by atoms with Gasteiger partial charge in [0.1, 0.15) is 11.3 Å². The average Bonchev–Trinajstić information content (AvgIpc) is 3.33. The van der Waals surface area contributed by atoms with Gasteiger partial charge in [0, 0.05) is 18.5 Å². The third-order valence-electron chi connectivity index (χ3n) is 4.61. The zero-order chi connectivity index (χ0) is 19.0. The fourth-order valence-electron chi connectivity index (χ4n) is 3.20. The number of pyridine rings is 1. The molecular formula is C18H17FN6O2. The van der Waals surface area contributed by atoms with Crippen molar-refractivity contribution in [1.29, 1.82) is 0 Å². The number of carbonyl (C=O) groups excluding carboxylic acids is 2. The SMILES string of the molecule is Cc1nc2c(F)cccc2cc1C(=O)Nc1n[nH]nc1C(=O)N1CCCC1. The number of likely N-dealkylation sites (tertiary alicyclic amines) is 1. The number of nitrogens with one attached hydrogen (secondary N) is 2. The number of H-pyrrole nitrogens is 1. The largest absolute Gasteiger partial charge is 0.337 e. The molecule has 1 fully saturated rings. The molecule has 1 aliphatic heterocycles. The molecule has 0 atom stereocenters. The van der Waals surface area contributed by atoms with E-state index in [1.54, 1.807) is 30.0 Å². The number of para-hydroxylation sites is 1. The highest BCUT2D eigenvalue weighted by molar-refractivity contribution is 6.09. The lowest BCUT2D eigenvalue weighted by Gasteiger charge is -2.14. The first-order valence-electron chi connectivity index (χ1n) is 8.62. The number of benzene rings is 1. The van der Waals surface area contributed by atoms with Crippen molar-refractivity contribution < 1.29 is 14.0 Å². The van der Waals surface area contributed by atoms with Crippen LogP contribution < -0.4 is 5.32 Å². The minimum absolute atomic E-state index is 0.0654. The summed E-state index contributed by atoms with van der Waals surface area (Å²) in [7, 11) is 0. The Morgan fingerprint density at radius 1 is 1.22 bits per heavy atom. The number of hydrogen-bond acceptors (Lipinski definition) is 5. The van der Waals surface area contributed by atoms with Crippen LogP contribution in [0.3, 0.4) is 0 Å². The Bertz CT molecular complexity index is 1040. The van der Waals surface area contributed by atoms with Gasteiger partial charge in [0.2, 0.25) is 0 Å². The molecule has 4 rings (SSSR count). The molecule has 1 aromatic carbocycles. The van der Waals surface area contributed by atoms with Crippen molar-refractivity contribution in [3.05, 3.63) is 47.0 Å². The normalized spacial score (nSPS) is 13.9. The van der Waals surface area contributed by atoms with Gasteiger partial charge in [0.15, 0.2) is 11.5 Å². The van der Waals surface area contributed by atoms with Gasteiger partial charge in [-0.05, 0) is 31.9 Å². The molecule has 9 heteroatoms. The number of hydrogen-bond donors (Lipinski definition) is 2. The highest BCUT2D eigenvalue weighted by Crippen LogP contribution is 2.21. The zero-order valence-electron chi connectivity index (χ0n) is 14.6. The quantitative estimate of drug-likeness (QED) is 0.738. The summed E-state index contributed by atoms with van der Waals surface area (Å²) >= 11 is 0. The molecular weight excluding hydrogens is 351 g/mol. The Morgan fingerprint density at radius 3 is 2.78 bits per heavy atom. The number of amides is 2. The van der Waals surface area contributed by atoms with E-state index < -0.39 is 11.7 Å². The second kappa shape index (κ2) is 6.75. The van der Waals surface area contributed by atoms with Crippen LogP contribution in [0.1, 0.15) is 39.4 Å². The van der Waals surface area contributed by atoms with Gasteiger partial charge in [-0.3, -0.25) is 9.59 Å². The van der Waals surface area contributed by atoms with Crippen LogP contribution in [0.15, 0.2) is 24.3 Å². The van der Waals surface area contributed by atoms with Gasteiger partial charge in [-0.25, -0.2) is 9.37 Å². The molecule has 1 saturated heterocycles. The van der Waals surface area contributed by atoms with Gasteiger partial charge in [0.05, 0.1) is 11.3 Å². The van der Waals surface area contributed by atoms with Crippen LogP contribution in [0.2, 0.25) is 0 Å². The van der Waals surface area contributed by atoms with Gasteiger partial charge < -0.3 is 10.2 Å². The molecule has 0 aliphatic carbocycles. The molecule has 8 nitrogen and oxygen atoms in total. The maximum absolute atomic E-state index is 13.9. The Hall–Kier alpha value is -3.36. The molecule has 2 aromatic heterocycles. The van der Waals surface area contributed by atoms with Crippen molar-refractivity contribution >= 4 is 28.5 Å². The van der Waals surface area contributed by atoms with Crippen LogP contribution in [-0.2, 0) is 0 Å². The van der Waals surface area contributed by atoms with Crippen LogP contribution >= 0.6 is 0 Å².